The van der Waals surface area contributed by atoms with Crippen LogP contribution in [0, 0.1) is 5.92 Å². The second kappa shape index (κ2) is 5.88. The van der Waals surface area contributed by atoms with E-state index in [0.717, 1.165) is 5.56 Å². The molecule has 1 amide bonds. The average Bonchev–Trinajstić information content (AvgIpc) is 2.66. The highest BCUT2D eigenvalue weighted by Gasteiger charge is 2.09. The van der Waals surface area contributed by atoms with E-state index in [4.69, 9.17) is 5.73 Å². The van der Waals surface area contributed by atoms with E-state index in [1.807, 2.05) is 16.8 Å². The van der Waals surface area contributed by atoms with Gasteiger partial charge in [-0.3, -0.25) is 4.79 Å². The third kappa shape index (κ3) is 4.44. The second-order valence-corrected chi connectivity index (χ2v) is 4.80. The van der Waals surface area contributed by atoms with Crippen molar-refractivity contribution in [1.82, 2.24) is 5.32 Å². The van der Waals surface area contributed by atoms with Gasteiger partial charge in [-0.25, -0.2) is 0 Å². The molecule has 84 valence electrons. The quantitative estimate of drug-likeness (QED) is 0.797. The van der Waals surface area contributed by atoms with Crippen LogP contribution in [0.15, 0.2) is 16.8 Å². The molecule has 1 aromatic heterocycles. The molecule has 0 aliphatic rings. The maximum absolute atomic E-state index is 11.5. The smallest absolute Gasteiger partial charge is 0.224 e. The molecule has 3 N–H and O–H groups in total. The first kappa shape index (κ1) is 12.2. The van der Waals surface area contributed by atoms with E-state index in [0.29, 0.717) is 18.9 Å². The third-order valence-corrected chi connectivity index (χ3v) is 3.07. The molecule has 0 saturated heterocycles. The van der Waals surface area contributed by atoms with Gasteiger partial charge in [0.2, 0.25) is 5.91 Å². The van der Waals surface area contributed by atoms with Crippen LogP contribution in [0.3, 0.4) is 0 Å². The van der Waals surface area contributed by atoms with Crippen LogP contribution in [0.5, 0.6) is 0 Å². The van der Waals surface area contributed by atoms with Gasteiger partial charge in [0.15, 0.2) is 0 Å². The van der Waals surface area contributed by atoms with Crippen molar-refractivity contribution >= 4 is 17.2 Å². The Balaban J connectivity index is 2.25. The SMILES string of the molecule is CC(C)C(N)CNC(=O)Cc1ccsc1. The minimum atomic E-state index is 0.0384. The highest BCUT2D eigenvalue weighted by molar-refractivity contribution is 7.07. The summed E-state index contributed by atoms with van der Waals surface area (Å²) in [4.78, 5) is 11.5. The lowest BCUT2D eigenvalue weighted by molar-refractivity contribution is -0.120. The monoisotopic (exact) mass is 226 g/mol. The molecular formula is C11H18N2OS. The van der Waals surface area contributed by atoms with Crippen LogP contribution < -0.4 is 11.1 Å². The van der Waals surface area contributed by atoms with E-state index in [1.165, 1.54) is 0 Å². The third-order valence-electron chi connectivity index (χ3n) is 2.34. The van der Waals surface area contributed by atoms with Gasteiger partial charge in [-0.2, -0.15) is 11.3 Å². The van der Waals surface area contributed by atoms with E-state index < -0.39 is 0 Å². The number of hydrogen-bond acceptors (Lipinski definition) is 3. The van der Waals surface area contributed by atoms with E-state index >= 15 is 0 Å². The lowest BCUT2D eigenvalue weighted by Gasteiger charge is -2.15. The molecule has 0 radical (unpaired) electrons. The Morgan fingerprint density at radius 2 is 2.33 bits per heavy atom. The summed E-state index contributed by atoms with van der Waals surface area (Å²) in [5.74, 6) is 0.441. The molecule has 1 heterocycles. The van der Waals surface area contributed by atoms with Crippen molar-refractivity contribution in [2.45, 2.75) is 26.3 Å². The molecule has 0 fully saturated rings. The van der Waals surface area contributed by atoms with Gasteiger partial charge in [-0.05, 0) is 28.3 Å². The summed E-state index contributed by atoms with van der Waals surface area (Å²) in [5, 5.41) is 6.81. The molecule has 1 rings (SSSR count). The second-order valence-electron chi connectivity index (χ2n) is 4.02. The molecule has 0 saturated carbocycles. The summed E-state index contributed by atoms with van der Waals surface area (Å²) >= 11 is 1.61. The summed E-state index contributed by atoms with van der Waals surface area (Å²) in [6.07, 6.45) is 0.453. The summed E-state index contributed by atoms with van der Waals surface area (Å²) < 4.78 is 0. The maximum Gasteiger partial charge on any atom is 0.224 e. The Bertz CT molecular complexity index is 296. The molecular weight excluding hydrogens is 208 g/mol. The standard InChI is InChI=1S/C11H18N2OS/c1-8(2)10(12)6-13-11(14)5-9-3-4-15-7-9/h3-4,7-8,10H,5-6,12H2,1-2H3,(H,13,14). The van der Waals surface area contributed by atoms with E-state index in [9.17, 15) is 4.79 Å². The number of carbonyl (C=O) groups is 1. The van der Waals surface area contributed by atoms with Crippen LogP contribution in [-0.4, -0.2) is 18.5 Å². The van der Waals surface area contributed by atoms with Crippen molar-refractivity contribution in [2.24, 2.45) is 11.7 Å². The summed E-state index contributed by atoms with van der Waals surface area (Å²) in [6.45, 7) is 4.66. The molecule has 4 heteroatoms. The number of amides is 1. The number of nitrogens with two attached hydrogens (primary N) is 1. The fourth-order valence-electron chi connectivity index (χ4n) is 1.11. The zero-order valence-electron chi connectivity index (χ0n) is 9.19. The normalized spacial score (nSPS) is 12.8. The zero-order valence-corrected chi connectivity index (χ0v) is 10.0. The van der Waals surface area contributed by atoms with Crippen molar-refractivity contribution < 1.29 is 4.79 Å². The first-order chi connectivity index (χ1) is 7.09. The number of thiophene rings is 1. The Morgan fingerprint density at radius 3 is 2.87 bits per heavy atom. The summed E-state index contributed by atoms with van der Waals surface area (Å²) in [7, 11) is 0. The molecule has 0 aromatic carbocycles. The Hall–Kier alpha value is -0.870. The van der Waals surface area contributed by atoms with Crippen molar-refractivity contribution in [2.75, 3.05) is 6.54 Å². The number of rotatable bonds is 5. The Morgan fingerprint density at radius 1 is 1.60 bits per heavy atom. The van der Waals surface area contributed by atoms with Crippen molar-refractivity contribution in [3.63, 3.8) is 0 Å². The van der Waals surface area contributed by atoms with Crippen LogP contribution in [-0.2, 0) is 11.2 Å². The molecule has 1 aromatic rings. The molecule has 0 spiro atoms. The molecule has 1 unspecified atom stereocenters. The van der Waals surface area contributed by atoms with Crippen molar-refractivity contribution in [3.8, 4) is 0 Å². The highest BCUT2D eigenvalue weighted by atomic mass is 32.1. The number of nitrogens with one attached hydrogen (secondary N) is 1. The molecule has 0 bridgehead atoms. The topological polar surface area (TPSA) is 55.1 Å². The zero-order chi connectivity index (χ0) is 11.3. The van der Waals surface area contributed by atoms with Gasteiger partial charge >= 0.3 is 0 Å². The van der Waals surface area contributed by atoms with Gasteiger partial charge in [0.1, 0.15) is 0 Å². The largest absolute Gasteiger partial charge is 0.354 e. The molecule has 3 nitrogen and oxygen atoms in total. The van der Waals surface area contributed by atoms with Crippen LogP contribution in [0.2, 0.25) is 0 Å². The maximum atomic E-state index is 11.5. The number of hydrogen-bond donors (Lipinski definition) is 2. The van der Waals surface area contributed by atoms with Crippen LogP contribution in [0.25, 0.3) is 0 Å². The van der Waals surface area contributed by atoms with Gasteiger partial charge in [0.05, 0.1) is 6.42 Å². The van der Waals surface area contributed by atoms with Gasteiger partial charge in [-0.1, -0.05) is 13.8 Å². The van der Waals surface area contributed by atoms with Gasteiger partial charge in [0.25, 0.3) is 0 Å². The minimum Gasteiger partial charge on any atom is -0.354 e. The van der Waals surface area contributed by atoms with Crippen molar-refractivity contribution in [1.29, 1.82) is 0 Å². The Kier molecular flexibility index (Phi) is 4.78. The minimum absolute atomic E-state index is 0.0384. The lowest BCUT2D eigenvalue weighted by atomic mass is 10.1. The number of carbonyl (C=O) groups excluding carboxylic acids is 1. The average molecular weight is 226 g/mol. The van der Waals surface area contributed by atoms with Crippen molar-refractivity contribution in [3.05, 3.63) is 22.4 Å². The van der Waals surface area contributed by atoms with Gasteiger partial charge in [-0.15, -0.1) is 0 Å². The first-order valence-corrected chi connectivity index (χ1v) is 6.07. The fraction of sp³-hybridized carbons (Fsp3) is 0.545. The first-order valence-electron chi connectivity index (χ1n) is 5.13. The predicted octanol–water partition coefficient (Wildman–Crippen LogP) is 1.39. The van der Waals surface area contributed by atoms with E-state index in [2.05, 4.69) is 19.2 Å². The van der Waals surface area contributed by atoms with Crippen LogP contribution >= 0.6 is 11.3 Å². The highest BCUT2D eigenvalue weighted by Crippen LogP contribution is 2.06. The van der Waals surface area contributed by atoms with E-state index in [1.54, 1.807) is 11.3 Å². The lowest BCUT2D eigenvalue weighted by Crippen LogP contribution is -2.40. The van der Waals surface area contributed by atoms with Crippen LogP contribution in [0.1, 0.15) is 19.4 Å². The fourth-order valence-corrected chi connectivity index (χ4v) is 1.78. The molecule has 0 aliphatic heterocycles. The molecule has 1 atom stereocenters. The van der Waals surface area contributed by atoms with Gasteiger partial charge in [0, 0.05) is 12.6 Å². The Labute approximate surface area is 94.7 Å². The van der Waals surface area contributed by atoms with Gasteiger partial charge < -0.3 is 11.1 Å². The van der Waals surface area contributed by atoms with Crippen LogP contribution in [0.4, 0.5) is 0 Å². The predicted molar refractivity (Wildman–Crippen MR) is 63.8 cm³/mol. The molecule has 15 heavy (non-hydrogen) atoms. The van der Waals surface area contributed by atoms with E-state index in [-0.39, 0.29) is 11.9 Å². The summed E-state index contributed by atoms with van der Waals surface area (Å²) in [5.41, 5.74) is 6.89. The summed E-state index contributed by atoms with van der Waals surface area (Å²) in [6, 6.07) is 2.00. The molecule has 0 aliphatic carbocycles.